The molecule has 0 fully saturated rings. The molecule has 0 saturated heterocycles. The van der Waals surface area contributed by atoms with Gasteiger partial charge < -0.3 is 9.30 Å². The molecule has 2 rings (SSSR count). The lowest BCUT2D eigenvalue weighted by Crippen LogP contribution is -2.18. The average molecular weight is 319 g/mol. The molecule has 0 atom stereocenters. The molecule has 0 N–H and O–H groups in total. The van der Waals surface area contributed by atoms with E-state index in [0.717, 1.165) is 10.2 Å². The first-order valence-corrected chi connectivity index (χ1v) is 7.13. The number of nitrogens with zero attached hydrogens (tertiary/aromatic N) is 2. The first-order valence-electron chi connectivity index (χ1n) is 5.56. The third-order valence-corrected chi connectivity index (χ3v) is 4.34. The fourth-order valence-corrected chi connectivity index (χ4v) is 3.30. The van der Waals surface area contributed by atoms with Gasteiger partial charge in [-0.15, -0.1) is 0 Å². The molecule has 4 nitrogen and oxygen atoms in total. The van der Waals surface area contributed by atoms with Gasteiger partial charge in [-0.3, -0.25) is 4.79 Å². The lowest BCUT2D eigenvalue weighted by atomic mass is 10.3. The zero-order valence-corrected chi connectivity index (χ0v) is 12.8. The normalized spacial score (nSPS) is 12.3. The summed E-state index contributed by atoms with van der Waals surface area (Å²) in [5.41, 5.74) is 0.788. The number of amides is 1. The first kappa shape index (κ1) is 14.5. The van der Waals surface area contributed by atoms with E-state index in [-0.39, 0.29) is 5.91 Å². The van der Waals surface area contributed by atoms with Gasteiger partial charge in [0.1, 0.15) is 0 Å². The van der Waals surface area contributed by atoms with Crippen molar-refractivity contribution in [1.82, 2.24) is 4.57 Å². The van der Waals surface area contributed by atoms with Crippen LogP contribution in [-0.2, 0) is 16.1 Å². The van der Waals surface area contributed by atoms with E-state index in [9.17, 15) is 4.79 Å². The van der Waals surface area contributed by atoms with E-state index in [0.29, 0.717) is 28.0 Å². The van der Waals surface area contributed by atoms with Crippen molar-refractivity contribution in [3.8, 4) is 0 Å². The van der Waals surface area contributed by atoms with Gasteiger partial charge >= 0.3 is 0 Å². The van der Waals surface area contributed by atoms with Crippen LogP contribution in [-0.4, -0.2) is 24.2 Å². The van der Waals surface area contributed by atoms with Gasteiger partial charge in [-0.05, 0) is 12.1 Å². The molecule has 0 radical (unpaired) electrons. The molecule has 1 aromatic heterocycles. The second-order valence-electron chi connectivity index (χ2n) is 3.87. The Kier molecular flexibility index (Phi) is 4.62. The van der Waals surface area contributed by atoms with E-state index in [1.807, 2.05) is 10.6 Å². The Morgan fingerprint density at radius 1 is 1.47 bits per heavy atom. The van der Waals surface area contributed by atoms with Crippen LogP contribution in [0.2, 0.25) is 10.0 Å². The molecule has 2 aromatic rings. The van der Waals surface area contributed by atoms with Gasteiger partial charge in [0.05, 0.1) is 26.9 Å². The number of carbonyl (C=O) groups excluding carboxylic acids is 1. The number of hydrogen-bond acceptors (Lipinski definition) is 3. The molecule has 0 aliphatic heterocycles. The first-order chi connectivity index (χ1) is 9.04. The van der Waals surface area contributed by atoms with Gasteiger partial charge in [-0.25, -0.2) is 0 Å². The lowest BCUT2D eigenvalue weighted by Gasteiger charge is -2.06. The maximum absolute atomic E-state index is 11.2. The monoisotopic (exact) mass is 318 g/mol. The minimum Gasteiger partial charge on any atom is -0.383 e. The average Bonchev–Trinajstić information content (AvgIpc) is 2.69. The van der Waals surface area contributed by atoms with E-state index >= 15 is 0 Å². The summed E-state index contributed by atoms with van der Waals surface area (Å²) in [5, 5.41) is 0.948. The summed E-state index contributed by atoms with van der Waals surface area (Å²) in [5.74, 6) is -0.250. The Balaban J connectivity index is 2.75. The Labute approximate surface area is 124 Å². The third-order valence-electron chi connectivity index (χ3n) is 2.51. The van der Waals surface area contributed by atoms with Crippen molar-refractivity contribution < 1.29 is 9.53 Å². The van der Waals surface area contributed by atoms with Crippen LogP contribution in [0.5, 0.6) is 0 Å². The molecule has 0 aliphatic rings. The Morgan fingerprint density at radius 2 is 2.21 bits per heavy atom. The highest BCUT2D eigenvalue weighted by atomic mass is 35.5. The van der Waals surface area contributed by atoms with Crippen molar-refractivity contribution in [3.63, 3.8) is 0 Å². The summed E-state index contributed by atoms with van der Waals surface area (Å²) in [6.45, 7) is 2.47. The maximum Gasteiger partial charge on any atom is 0.245 e. The van der Waals surface area contributed by atoms with Gasteiger partial charge in [-0.1, -0.05) is 34.5 Å². The molecule has 102 valence electrons. The van der Waals surface area contributed by atoms with Gasteiger partial charge in [0.15, 0.2) is 4.80 Å². The molecule has 0 aliphatic carbocycles. The number of thiazole rings is 1. The zero-order valence-electron chi connectivity index (χ0n) is 10.4. The zero-order chi connectivity index (χ0) is 14.0. The van der Waals surface area contributed by atoms with Gasteiger partial charge in [0.2, 0.25) is 5.91 Å². The summed E-state index contributed by atoms with van der Waals surface area (Å²) >= 11 is 13.7. The fraction of sp³-hybridized carbons (Fsp3) is 0.333. The molecule has 0 unspecified atom stereocenters. The number of halogens is 2. The Morgan fingerprint density at radius 3 is 2.84 bits per heavy atom. The summed E-state index contributed by atoms with van der Waals surface area (Å²) in [4.78, 5) is 15.8. The number of methoxy groups -OCH3 is 1. The standard InChI is InChI=1S/C12H12Cl2N2O2S/c1-7(17)15-12-16(5-6-18-2)11-9(19-12)4-3-8(13)10(11)14/h3-4H,5-6H2,1-2H3. The van der Waals surface area contributed by atoms with Gasteiger partial charge in [-0.2, -0.15) is 4.99 Å². The minimum absolute atomic E-state index is 0.250. The van der Waals surface area contributed by atoms with Crippen molar-refractivity contribution in [2.75, 3.05) is 13.7 Å². The molecule has 1 aromatic carbocycles. The predicted octanol–water partition coefficient (Wildman–Crippen LogP) is 3.10. The second kappa shape index (κ2) is 6.05. The highest BCUT2D eigenvalue weighted by Crippen LogP contribution is 2.32. The van der Waals surface area contributed by atoms with Crippen LogP contribution >= 0.6 is 34.5 Å². The SMILES string of the molecule is COCCn1c(=NC(C)=O)sc2ccc(Cl)c(Cl)c21. The van der Waals surface area contributed by atoms with Crippen LogP contribution in [0.4, 0.5) is 0 Å². The van der Waals surface area contributed by atoms with Crippen molar-refractivity contribution in [1.29, 1.82) is 0 Å². The Hall–Kier alpha value is -0.880. The van der Waals surface area contributed by atoms with Crippen LogP contribution in [0.25, 0.3) is 10.2 Å². The number of rotatable bonds is 3. The number of aromatic nitrogens is 1. The topological polar surface area (TPSA) is 43.6 Å². The number of ether oxygens (including phenoxy) is 1. The molecular weight excluding hydrogens is 307 g/mol. The molecule has 0 saturated carbocycles. The van der Waals surface area contributed by atoms with Crippen LogP contribution in [0.1, 0.15) is 6.92 Å². The number of fused-ring (bicyclic) bond motifs is 1. The maximum atomic E-state index is 11.2. The molecule has 0 spiro atoms. The highest BCUT2D eigenvalue weighted by Gasteiger charge is 2.12. The predicted molar refractivity (Wildman–Crippen MR) is 78.0 cm³/mol. The van der Waals surface area contributed by atoms with E-state index in [4.69, 9.17) is 27.9 Å². The number of hydrogen-bond donors (Lipinski definition) is 0. The van der Waals surface area contributed by atoms with Crippen molar-refractivity contribution in [2.24, 2.45) is 4.99 Å². The Bertz CT molecular complexity index is 691. The smallest absolute Gasteiger partial charge is 0.245 e. The highest BCUT2D eigenvalue weighted by molar-refractivity contribution is 7.16. The molecule has 1 heterocycles. The van der Waals surface area contributed by atoms with E-state index in [1.165, 1.54) is 18.3 Å². The van der Waals surface area contributed by atoms with Crippen LogP contribution < -0.4 is 4.80 Å². The number of carbonyl (C=O) groups is 1. The van der Waals surface area contributed by atoms with E-state index in [1.54, 1.807) is 13.2 Å². The molecule has 19 heavy (non-hydrogen) atoms. The summed E-state index contributed by atoms with van der Waals surface area (Å²) in [6, 6.07) is 3.61. The van der Waals surface area contributed by atoms with Crippen LogP contribution in [0.3, 0.4) is 0 Å². The third kappa shape index (κ3) is 3.00. The molecule has 7 heteroatoms. The van der Waals surface area contributed by atoms with E-state index < -0.39 is 0 Å². The van der Waals surface area contributed by atoms with Crippen LogP contribution in [0.15, 0.2) is 17.1 Å². The summed E-state index contributed by atoms with van der Waals surface area (Å²) < 4.78 is 7.87. The summed E-state index contributed by atoms with van der Waals surface area (Å²) in [7, 11) is 1.62. The second-order valence-corrected chi connectivity index (χ2v) is 5.66. The lowest BCUT2D eigenvalue weighted by molar-refractivity contribution is -0.116. The van der Waals surface area contributed by atoms with E-state index in [2.05, 4.69) is 4.99 Å². The number of benzene rings is 1. The minimum atomic E-state index is -0.250. The van der Waals surface area contributed by atoms with Crippen molar-refractivity contribution in [2.45, 2.75) is 13.5 Å². The van der Waals surface area contributed by atoms with Crippen LogP contribution in [0, 0.1) is 0 Å². The largest absolute Gasteiger partial charge is 0.383 e. The van der Waals surface area contributed by atoms with Crippen molar-refractivity contribution >= 4 is 50.7 Å². The van der Waals surface area contributed by atoms with Crippen molar-refractivity contribution in [3.05, 3.63) is 27.0 Å². The molecule has 0 bridgehead atoms. The van der Waals surface area contributed by atoms with Gasteiger partial charge in [0.25, 0.3) is 0 Å². The van der Waals surface area contributed by atoms with Gasteiger partial charge in [0, 0.05) is 20.6 Å². The fourth-order valence-electron chi connectivity index (χ4n) is 1.71. The summed E-state index contributed by atoms with van der Waals surface area (Å²) in [6.07, 6.45) is 0. The molecule has 1 amide bonds. The molecular formula is C12H12Cl2N2O2S. The quantitative estimate of drug-likeness (QED) is 0.872.